The van der Waals surface area contributed by atoms with Crippen molar-refractivity contribution in [3.63, 3.8) is 0 Å². The SMILES string of the molecule is C=Cc1ccc(COc2ccc(C3CC=C(c4ccc(OCc5ccc(C=C)cc5)c(C)c4)CC3)cc2)cc1. The van der Waals surface area contributed by atoms with E-state index in [1.54, 1.807) is 0 Å². The number of benzene rings is 4. The highest BCUT2D eigenvalue weighted by Crippen LogP contribution is 2.37. The van der Waals surface area contributed by atoms with Crippen molar-refractivity contribution in [1.82, 2.24) is 0 Å². The van der Waals surface area contributed by atoms with Gasteiger partial charge in [-0.05, 0) is 101 Å². The van der Waals surface area contributed by atoms with Crippen molar-refractivity contribution in [3.05, 3.63) is 149 Å². The number of allylic oxidation sites excluding steroid dienone is 2. The van der Waals surface area contributed by atoms with Gasteiger partial charge < -0.3 is 9.47 Å². The van der Waals surface area contributed by atoms with Crippen molar-refractivity contribution in [2.45, 2.75) is 45.3 Å². The first-order valence-corrected chi connectivity index (χ1v) is 13.7. The van der Waals surface area contributed by atoms with E-state index in [0.717, 1.165) is 53.0 Å². The topological polar surface area (TPSA) is 18.5 Å². The van der Waals surface area contributed by atoms with Crippen LogP contribution in [-0.2, 0) is 13.2 Å². The molecule has 0 heterocycles. The van der Waals surface area contributed by atoms with Crippen LogP contribution in [-0.4, -0.2) is 0 Å². The molecule has 1 aliphatic carbocycles. The third-order valence-electron chi connectivity index (χ3n) is 7.54. The lowest BCUT2D eigenvalue weighted by atomic mass is 9.82. The van der Waals surface area contributed by atoms with Crippen LogP contribution in [0.2, 0.25) is 0 Å². The van der Waals surface area contributed by atoms with Crippen molar-refractivity contribution in [3.8, 4) is 11.5 Å². The third kappa shape index (κ3) is 6.78. The largest absolute Gasteiger partial charge is 0.489 e. The quantitative estimate of drug-likeness (QED) is 0.210. The van der Waals surface area contributed by atoms with Crippen LogP contribution in [0.25, 0.3) is 17.7 Å². The highest BCUT2D eigenvalue weighted by Gasteiger charge is 2.18. The first-order valence-electron chi connectivity index (χ1n) is 13.7. The predicted octanol–water partition coefficient (Wildman–Crippen LogP) is 9.79. The molecule has 1 atom stereocenters. The molecule has 0 fully saturated rings. The molecule has 0 N–H and O–H groups in total. The molecule has 0 aliphatic heterocycles. The number of rotatable bonds is 10. The zero-order valence-electron chi connectivity index (χ0n) is 22.7. The summed E-state index contributed by atoms with van der Waals surface area (Å²) < 4.78 is 12.1. The predicted molar refractivity (Wildman–Crippen MR) is 164 cm³/mol. The Kier molecular flexibility index (Phi) is 8.43. The van der Waals surface area contributed by atoms with Gasteiger partial charge in [-0.1, -0.05) is 98.1 Å². The Balaban J connectivity index is 1.14. The summed E-state index contributed by atoms with van der Waals surface area (Å²) >= 11 is 0. The van der Waals surface area contributed by atoms with Gasteiger partial charge in [-0.2, -0.15) is 0 Å². The molecule has 39 heavy (non-hydrogen) atoms. The first kappa shape index (κ1) is 26.3. The van der Waals surface area contributed by atoms with E-state index in [2.05, 4.69) is 117 Å². The minimum absolute atomic E-state index is 0.547. The third-order valence-corrected chi connectivity index (χ3v) is 7.54. The van der Waals surface area contributed by atoms with Gasteiger partial charge in [-0.3, -0.25) is 0 Å². The minimum Gasteiger partial charge on any atom is -0.489 e. The van der Waals surface area contributed by atoms with Crippen LogP contribution in [0.15, 0.2) is 110 Å². The Bertz CT molecular complexity index is 1440. The molecule has 0 saturated heterocycles. The Morgan fingerprint density at radius 2 is 1.36 bits per heavy atom. The van der Waals surface area contributed by atoms with Gasteiger partial charge in [0.15, 0.2) is 0 Å². The van der Waals surface area contributed by atoms with E-state index in [0.29, 0.717) is 19.1 Å². The lowest BCUT2D eigenvalue weighted by Crippen LogP contribution is -2.05. The molecule has 4 aromatic rings. The van der Waals surface area contributed by atoms with Crippen molar-refractivity contribution in [2.24, 2.45) is 0 Å². The number of ether oxygens (including phenoxy) is 2. The average molecular weight is 513 g/mol. The molecule has 1 unspecified atom stereocenters. The maximum atomic E-state index is 6.12. The molecule has 4 aromatic carbocycles. The maximum Gasteiger partial charge on any atom is 0.122 e. The lowest BCUT2D eigenvalue weighted by molar-refractivity contribution is 0.304. The van der Waals surface area contributed by atoms with Gasteiger partial charge in [0.05, 0.1) is 0 Å². The molecule has 2 nitrogen and oxygen atoms in total. The van der Waals surface area contributed by atoms with Crippen LogP contribution in [0, 0.1) is 6.92 Å². The summed E-state index contributed by atoms with van der Waals surface area (Å²) in [6.07, 6.45) is 9.42. The molecule has 196 valence electrons. The van der Waals surface area contributed by atoms with Gasteiger partial charge in [-0.25, -0.2) is 0 Å². The average Bonchev–Trinajstić information content (AvgIpc) is 3.00. The highest BCUT2D eigenvalue weighted by atomic mass is 16.5. The summed E-state index contributed by atoms with van der Waals surface area (Å²) in [5.74, 6) is 2.40. The zero-order chi connectivity index (χ0) is 27.0. The molecule has 5 rings (SSSR count). The smallest absolute Gasteiger partial charge is 0.122 e. The van der Waals surface area contributed by atoms with E-state index in [9.17, 15) is 0 Å². The summed E-state index contributed by atoms with van der Waals surface area (Å²) in [7, 11) is 0. The number of hydrogen-bond acceptors (Lipinski definition) is 2. The summed E-state index contributed by atoms with van der Waals surface area (Å²) in [4.78, 5) is 0. The molecule has 0 aromatic heterocycles. The van der Waals surface area contributed by atoms with Crippen LogP contribution in [0.1, 0.15) is 64.1 Å². The van der Waals surface area contributed by atoms with Crippen LogP contribution in [0.4, 0.5) is 0 Å². The Morgan fingerprint density at radius 3 is 1.90 bits per heavy atom. The van der Waals surface area contributed by atoms with E-state index in [1.165, 1.54) is 22.3 Å². The van der Waals surface area contributed by atoms with Crippen LogP contribution in [0.5, 0.6) is 11.5 Å². The summed E-state index contributed by atoms with van der Waals surface area (Å²) in [5, 5.41) is 0. The van der Waals surface area contributed by atoms with E-state index in [4.69, 9.17) is 9.47 Å². The fraction of sp³-hybridized carbons (Fsp3) is 0.189. The van der Waals surface area contributed by atoms with Crippen molar-refractivity contribution in [1.29, 1.82) is 0 Å². The number of hydrogen-bond donors (Lipinski definition) is 0. The highest BCUT2D eigenvalue weighted by molar-refractivity contribution is 5.68. The molecular formula is C37H36O2. The summed E-state index contributed by atoms with van der Waals surface area (Å²) in [5.41, 5.74) is 9.85. The van der Waals surface area contributed by atoms with Gasteiger partial charge in [0.25, 0.3) is 0 Å². The van der Waals surface area contributed by atoms with E-state index < -0.39 is 0 Å². The van der Waals surface area contributed by atoms with Gasteiger partial charge in [0, 0.05) is 0 Å². The van der Waals surface area contributed by atoms with Crippen LogP contribution >= 0.6 is 0 Å². The fourth-order valence-electron chi connectivity index (χ4n) is 5.07. The van der Waals surface area contributed by atoms with Crippen LogP contribution < -0.4 is 9.47 Å². The summed E-state index contributed by atoms with van der Waals surface area (Å²) in [6.45, 7) is 10.9. The van der Waals surface area contributed by atoms with Gasteiger partial charge in [0.1, 0.15) is 24.7 Å². The fourth-order valence-corrected chi connectivity index (χ4v) is 5.07. The van der Waals surface area contributed by atoms with E-state index >= 15 is 0 Å². The molecule has 2 heteroatoms. The molecule has 0 saturated carbocycles. The molecule has 0 bridgehead atoms. The van der Waals surface area contributed by atoms with Crippen molar-refractivity contribution in [2.75, 3.05) is 0 Å². The van der Waals surface area contributed by atoms with Crippen molar-refractivity contribution < 1.29 is 9.47 Å². The van der Waals surface area contributed by atoms with E-state index in [-0.39, 0.29) is 0 Å². The van der Waals surface area contributed by atoms with Gasteiger partial charge in [0.2, 0.25) is 0 Å². The second-order valence-electron chi connectivity index (χ2n) is 10.2. The first-order chi connectivity index (χ1) is 19.1. The Labute approximate surface area is 232 Å². The Hall–Kier alpha value is -4.30. The van der Waals surface area contributed by atoms with Crippen molar-refractivity contribution >= 4 is 17.7 Å². The normalized spacial score (nSPS) is 14.8. The Morgan fingerprint density at radius 1 is 0.744 bits per heavy atom. The second kappa shape index (κ2) is 12.5. The maximum absolute atomic E-state index is 6.12. The van der Waals surface area contributed by atoms with E-state index in [1.807, 2.05) is 12.2 Å². The van der Waals surface area contributed by atoms with Gasteiger partial charge >= 0.3 is 0 Å². The number of aryl methyl sites for hydroxylation is 1. The zero-order valence-corrected chi connectivity index (χ0v) is 22.7. The molecule has 0 spiro atoms. The minimum atomic E-state index is 0.547. The monoisotopic (exact) mass is 512 g/mol. The molecule has 1 aliphatic rings. The van der Waals surface area contributed by atoms with Crippen LogP contribution in [0.3, 0.4) is 0 Å². The lowest BCUT2D eigenvalue weighted by Gasteiger charge is -2.23. The summed E-state index contributed by atoms with van der Waals surface area (Å²) in [6, 6.07) is 31.8. The standard InChI is InChI=1S/C37H36O2/c1-4-28-6-10-30(11-7-28)25-38-36-21-18-33(19-22-36)32-14-16-34(17-15-32)35-20-23-37(27(3)24-35)39-26-31-12-8-29(5-2)9-13-31/h4-13,16,18-24,32H,1-2,14-15,17,25-26H2,3H3. The second-order valence-corrected chi connectivity index (χ2v) is 10.2. The van der Waals surface area contributed by atoms with Gasteiger partial charge in [-0.15, -0.1) is 0 Å². The molecular weight excluding hydrogens is 476 g/mol. The molecule has 0 amide bonds. The molecule has 0 radical (unpaired) electrons.